The molecule has 0 bridgehead atoms. The van der Waals surface area contributed by atoms with E-state index in [1.54, 1.807) is 0 Å². The quantitative estimate of drug-likeness (QED) is 0.888. The first kappa shape index (κ1) is 13.9. The number of fused-ring (bicyclic) bond motifs is 1. The number of aromatic amines is 1. The van der Waals surface area contributed by atoms with Crippen LogP contribution in [0.3, 0.4) is 0 Å². The Labute approximate surface area is 118 Å². The number of carboxylic acid groups (broad SMARTS) is 1. The number of rotatable bonds is 2. The molecule has 1 saturated carbocycles. The minimum Gasteiger partial charge on any atom is -0.478 e. The second-order valence-corrected chi connectivity index (χ2v) is 5.41. The van der Waals surface area contributed by atoms with E-state index >= 15 is 0 Å². The van der Waals surface area contributed by atoms with Crippen molar-refractivity contribution in [3.8, 4) is 0 Å². The number of nitrogens with one attached hydrogen (secondary N) is 1. The number of benzene rings is 1. The smallest absolute Gasteiger partial charge is 0.338 e. The van der Waals surface area contributed by atoms with Gasteiger partial charge in [0.15, 0.2) is 0 Å². The number of carboxylic acids is 1. The van der Waals surface area contributed by atoms with Crippen LogP contribution >= 0.6 is 0 Å². The third kappa shape index (κ3) is 2.59. The van der Waals surface area contributed by atoms with Gasteiger partial charge in [0.25, 0.3) is 0 Å². The molecule has 1 heterocycles. The van der Waals surface area contributed by atoms with Crippen molar-refractivity contribution in [3.63, 3.8) is 0 Å². The molecule has 2 aromatic rings. The molecular formula is C14H13F3N2O2. The van der Waals surface area contributed by atoms with Crippen molar-refractivity contribution in [2.45, 2.75) is 37.5 Å². The van der Waals surface area contributed by atoms with Crippen LogP contribution < -0.4 is 0 Å². The summed E-state index contributed by atoms with van der Waals surface area (Å²) in [7, 11) is 0. The van der Waals surface area contributed by atoms with Gasteiger partial charge in [0.2, 0.25) is 5.92 Å². The largest absolute Gasteiger partial charge is 0.478 e. The van der Waals surface area contributed by atoms with Crippen LogP contribution in [0.15, 0.2) is 12.1 Å². The minimum atomic E-state index is -2.62. The Kier molecular flexibility index (Phi) is 3.15. The third-order valence-electron chi connectivity index (χ3n) is 3.92. The number of H-pyrrole nitrogens is 1. The second-order valence-electron chi connectivity index (χ2n) is 5.41. The van der Waals surface area contributed by atoms with E-state index in [9.17, 15) is 18.0 Å². The predicted molar refractivity (Wildman–Crippen MR) is 69.2 cm³/mol. The Hall–Kier alpha value is -2.05. The first-order valence-corrected chi connectivity index (χ1v) is 6.66. The Bertz CT molecular complexity index is 702. The molecule has 1 aromatic carbocycles. The molecule has 1 aliphatic rings. The van der Waals surface area contributed by atoms with E-state index in [0.717, 1.165) is 12.1 Å². The fraction of sp³-hybridized carbons (Fsp3) is 0.429. The predicted octanol–water partition coefficient (Wildman–Crippen LogP) is 3.69. The average molecular weight is 298 g/mol. The van der Waals surface area contributed by atoms with Crippen LogP contribution in [-0.2, 0) is 0 Å². The molecule has 4 nitrogen and oxygen atoms in total. The van der Waals surface area contributed by atoms with Crippen molar-refractivity contribution in [1.29, 1.82) is 0 Å². The van der Waals surface area contributed by atoms with Crippen LogP contribution in [-0.4, -0.2) is 27.0 Å². The summed E-state index contributed by atoms with van der Waals surface area (Å²) in [5.74, 6) is -4.45. The number of imidazole rings is 1. The Balaban J connectivity index is 1.93. The standard InChI is InChI=1S/C14H13F3N2O2/c15-9-6-11-10(5-8(9)13(20)21)18-12(19-11)7-1-3-14(16,17)4-2-7/h5-7H,1-4H2,(H,18,19)(H,20,21). The number of nitrogens with zero attached hydrogens (tertiary/aromatic N) is 1. The van der Waals surface area contributed by atoms with Gasteiger partial charge in [-0.3, -0.25) is 0 Å². The van der Waals surface area contributed by atoms with Gasteiger partial charge < -0.3 is 10.1 Å². The minimum absolute atomic E-state index is 0.131. The lowest BCUT2D eigenvalue weighted by molar-refractivity contribution is -0.0387. The Morgan fingerprint density at radius 1 is 1.33 bits per heavy atom. The van der Waals surface area contributed by atoms with Crippen LogP contribution in [0.4, 0.5) is 13.2 Å². The van der Waals surface area contributed by atoms with Crippen LogP contribution in [0.1, 0.15) is 47.8 Å². The van der Waals surface area contributed by atoms with E-state index in [-0.39, 0.29) is 18.8 Å². The highest BCUT2D eigenvalue weighted by molar-refractivity contribution is 5.92. The molecule has 0 unspecified atom stereocenters. The summed E-state index contributed by atoms with van der Waals surface area (Å²) in [5.41, 5.74) is 0.265. The van der Waals surface area contributed by atoms with Crippen LogP contribution in [0.5, 0.6) is 0 Å². The molecule has 0 atom stereocenters. The Morgan fingerprint density at radius 3 is 2.62 bits per heavy atom. The van der Waals surface area contributed by atoms with Gasteiger partial charge in [-0.05, 0) is 18.9 Å². The highest BCUT2D eigenvalue weighted by Gasteiger charge is 2.36. The average Bonchev–Trinajstić information content (AvgIpc) is 2.80. The van der Waals surface area contributed by atoms with Gasteiger partial charge >= 0.3 is 5.97 Å². The summed E-state index contributed by atoms with van der Waals surface area (Å²) < 4.78 is 39.9. The molecule has 3 rings (SSSR count). The number of halogens is 3. The van der Waals surface area contributed by atoms with Gasteiger partial charge in [0, 0.05) is 24.8 Å². The third-order valence-corrected chi connectivity index (χ3v) is 3.92. The molecule has 1 aromatic heterocycles. The van der Waals surface area contributed by atoms with E-state index in [1.807, 2.05) is 0 Å². The van der Waals surface area contributed by atoms with Crippen LogP contribution in [0.25, 0.3) is 11.0 Å². The van der Waals surface area contributed by atoms with E-state index in [0.29, 0.717) is 29.7 Å². The maximum Gasteiger partial charge on any atom is 0.338 e. The molecule has 112 valence electrons. The van der Waals surface area contributed by atoms with Gasteiger partial charge in [0.1, 0.15) is 11.6 Å². The second kappa shape index (κ2) is 4.75. The highest BCUT2D eigenvalue weighted by Crippen LogP contribution is 2.40. The molecule has 21 heavy (non-hydrogen) atoms. The van der Waals surface area contributed by atoms with Crippen molar-refractivity contribution in [2.24, 2.45) is 0 Å². The number of hydrogen-bond acceptors (Lipinski definition) is 2. The molecule has 0 saturated heterocycles. The van der Waals surface area contributed by atoms with Crippen LogP contribution in [0, 0.1) is 5.82 Å². The fourth-order valence-electron chi connectivity index (χ4n) is 2.72. The molecule has 7 heteroatoms. The molecule has 1 aliphatic carbocycles. The van der Waals surface area contributed by atoms with Gasteiger partial charge in [-0.15, -0.1) is 0 Å². The summed E-state index contributed by atoms with van der Waals surface area (Å²) in [4.78, 5) is 18.0. The monoisotopic (exact) mass is 298 g/mol. The number of hydrogen-bond donors (Lipinski definition) is 2. The van der Waals surface area contributed by atoms with Gasteiger partial charge in [-0.2, -0.15) is 0 Å². The fourth-order valence-corrected chi connectivity index (χ4v) is 2.72. The number of aromatic nitrogens is 2. The first-order valence-electron chi connectivity index (χ1n) is 6.66. The summed E-state index contributed by atoms with van der Waals surface area (Å²) in [6.45, 7) is 0. The lowest BCUT2D eigenvalue weighted by Gasteiger charge is -2.26. The van der Waals surface area contributed by atoms with Gasteiger partial charge in [0.05, 0.1) is 16.6 Å². The maximum atomic E-state index is 13.6. The van der Waals surface area contributed by atoms with Crippen molar-refractivity contribution < 1.29 is 23.1 Å². The zero-order chi connectivity index (χ0) is 15.2. The van der Waals surface area contributed by atoms with E-state index in [4.69, 9.17) is 5.11 Å². The maximum absolute atomic E-state index is 13.6. The molecule has 2 N–H and O–H groups in total. The van der Waals surface area contributed by atoms with Crippen molar-refractivity contribution in [1.82, 2.24) is 9.97 Å². The topological polar surface area (TPSA) is 66.0 Å². The first-order chi connectivity index (χ1) is 9.85. The van der Waals surface area contributed by atoms with E-state index in [2.05, 4.69) is 9.97 Å². The van der Waals surface area contributed by atoms with Crippen molar-refractivity contribution in [2.75, 3.05) is 0 Å². The molecule has 0 aliphatic heterocycles. The normalized spacial score (nSPS) is 19.0. The Morgan fingerprint density at radius 2 is 2.00 bits per heavy atom. The van der Waals surface area contributed by atoms with E-state index in [1.165, 1.54) is 0 Å². The molecule has 0 amide bonds. The highest BCUT2D eigenvalue weighted by atomic mass is 19.3. The van der Waals surface area contributed by atoms with Crippen LogP contribution in [0.2, 0.25) is 0 Å². The number of alkyl halides is 2. The summed E-state index contributed by atoms with van der Waals surface area (Å²) in [6.07, 6.45) is 0.231. The lowest BCUT2D eigenvalue weighted by atomic mass is 9.86. The molecule has 0 spiro atoms. The van der Waals surface area contributed by atoms with Crippen molar-refractivity contribution in [3.05, 3.63) is 29.3 Å². The van der Waals surface area contributed by atoms with E-state index < -0.39 is 23.3 Å². The van der Waals surface area contributed by atoms with Gasteiger partial charge in [-0.25, -0.2) is 22.9 Å². The lowest BCUT2D eigenvalue weighted by Crippen LogP contribution is -2.24. The SMILES string of the molecule is O=C(O)c1cc2nc(C3CCC(F)(F)CC3)[nH]c2cc1F. The van der Waals surface area contributed by atoms with Crippen molar-refractivity contribution >= 4 is 17.0 Å². The molecular weight excluding hydrogens is 285 g/mol. The molecule has 1 fully saturated rings. The summed E-state index contributed by atoms with van der Waals surface area (Å²) in [5, 5.41) is 8.88. The van der Waals surface area contributed by atoms with Gasteiger partial charge in [-0.1, -0.05) is 0 Å². The zero-order valence-corrected chi connectivity index (χ0v) is 11.0. The number of aromatic carboxylic acids is 1. The summed E-state index contributed by atoms with van der Waals surface area (Å²) >= 11 is 0. The summed E-state index contributed by atoms with van der Waals surface area (Å²) in [6, 6.07) is 2.23. The molecule has 0 radical (unpaired) electrons. The zero-order valence-electron chi connectivity index (χ0n) is 11.0. The number of carbonyl (C=O) groups is 1.